The molecule has 0 spiro atoms. The molecule has 27 heavy (non-hydrogen) atoms. The second kappa shape index (κ2) is 8.62. The average Bonchev–Trinajstić information content (AvgIpc) is 3.07. The Hall–Kier alpha value is -2.95. The highest BCUT2D eigenvalue weighted by Gasteiger charge is 2.25. The number of hydrogen-bond acceptors (Lipinski definition) is 3. The molecule has 0 unspecified atom stereocenters. The lowest BCUT2D eigenvalue weighted by molar-refractivity contribution is 0.0948. The fourth-order valence-electron chi connectivity index (χ4n) is 3.20. The van der Waals surface area contributed by atoms with Crippen molar-refractivity contribution in [2.45, 2.75) is 46.1 Å². The third-order valence-corrected chi connectivity index (χ3v) is 4.41. The van der Waals surface area contributed by atoms with E-state index >= 15 is 0 Å². The Balaban J connectivity index is 1.99. The lowest BCUT2D eigenvalue weighted by atomic mass is 10.0. The molecule has 140 valence electrons. The van der Waals surface area contributed by atoms with Crippen LogP contribution in [0.4, 0.5) is 0 Å². The van der Waals surface area contributed by atoms with Gasteiger partial charge in [0.2, 0.25) is 0 Å². The van der Waals surface area contributed by atoms with Gasteiger partial charge in [-0.15, -0.1) is 0 Å². The zero-order valence-electron chi connectivity index (χ0n) is 16.1. The van der Waals surface area contributed by atoms with Crippen LogP contribution in [0.5, 0.6) is 0 Å². The molecule has 0 aliphatic heterocycles. The SMILES string of the molecule is CCCc1nn(-c2ccccc2)c(C(C)C)c1C(=O)NCc1ccccn1. The predicted octanol–water partition coefficient (Wildman–Crippen LogP) is 4.27. The standard InChI is InChI=1S/C22H26N4O/c1-4-10-19-20(22(27)24-15-17-11-8-9-14-23-17)21(16(2)3)26(25-19)18-12-6-5-7-13-18/h5-9,11-14,16H,4,10,15H2,1-3H3,(H,24,27). The van der Waals surface area contributed by atoms with Crippen LogP contribution >= 0.6 is 0 Å². The highest BCUT2D eigenvalue weighted by Crippen LogP contribution is 2.27. The second-order valence-electron chi connectivity index (χ2n) is 6.86. The molecule has 0 aliphatic rings. The van der Waals surface area contributed by atoms with Crippen molar-refractivity contribution in [3.05, 3.63) is 77.4 Å². The van der Waals surface area contributed by atoms with E-state index in [-0.39, 0.29) is 11.8 Å². The maximum Gasteiger partial charge on any atom is 0.255 e. The van der Waals surface area contributed by atoms with Crippen molar-refractivity contribution < 1.29 is 4.79 Å². The van der Waals surface area contributed by atoms with Crippen molar-refractivity contribution in [3.63, 3.8) is 0 Å². The first kappa shape index (κ1) is 18.8. The van der Waals surface area contributed by atoms with Gasteiger partial charge in [0, 0.05) is 6.20 Å². The Labute approximate surface area is 160 Å². The number of carbonyl (C=O) groups is 1. The molecule has 2 aromatic heterocycles. The molecule has 0 bridgehead atoms. The predicted molar refractivity (Wildman–Crippen MR) is 107 cm³/mol. The van der Waals surface area contributed by atoms with Crippen LogP contribution in [0.2, 0.25) is 0 Å². The van der Waals surface area contributed by atoms with Gasteiger partial charge < -0.3 is 5.32 Å². The summed E-state index contributed by atoms with van der Waals surface area (Å²) in [5.74, 6) is 0.0777. The number of carbonyl (C=O) groups excluding carboxylic acids is 1. The number of hydrogen-bond donors (Lipinski definition) is 1. The molecule has 5 heteroatoms. The molecule has 1 aromatic carbocycles. The minimum absolute atomic E-state index is 0.0880. The molecule has 0 saturated heterocycles. The Morgan fingerprint density at radius 1 is 1.11 bits per heavy atom. The largest absolute Gasteiger partial charge is 0.346 e. The molecule has 0 atom stereocenters. The van der Waals surface area contributed by atoms with Gasteiger partial charge in [0.15, 0.2) is 0 Å². The van der Waals surface area contributed by atoms with Crippen LogP contribution < -0.4 is 5.32 Å². The lowest BCUT2D eigenvalue weighted by Crippen LogP contribution is -2.25. The van der Waals surface area contributed by atoms with Crippen molar-refractivity contribution in [2.24, 2.45) is 0 Å². The fourth-order valence-corrected chi connectivity index (χ4v) is 3.20. The summed E-state index contributed by atoms with van der Waals surface area (Å²) in [5, 5.41) is 7.83. The number of nitrogens with one attached hydrogen (secondary N) is 1. The summed E-state index contributed by atoms with van der Waals surface area (Å²) in [6, 6.07) is 15.7. The summed E-state index contributed by atoms with van der Waals surface area (Å²) in [7, 11) is 0. The first-order valence-electron chi connectivity index (χ1n) is 9.47. The van der Waals surface area contributed by atoms with Crippen LogP contribution in [0.1, 0.15) is 60.5 Å². The lowest BCUT2D eigenvalue weighted by Gasteiger charge is -2.13. The minimum Gasteiger partial charge on any atom is -0.346 e. The van der Waals surface area contributed by atoms with Gasteiger partial charge in [0.05, 0.1) is 34.9 Å². The van der Waals surface area contributed by atoms with E-state index in [4.69, 9.17) is 5.10 Å². The van der Waals surface area contributed by atoms with Gasteiger partial charge in [0.1, 0.15) is 0 Å². The number of amides is 1. The van der Waals surface area contributed by atoms with Crippen LogP contribution in [0.25, 0.3) is 5.69 Å². The molecule has 0 aliphatic carbocycles. The van der Waals surface area contributed by atoms with E-state index in [2.05, 4.69) is 31.1 Å². The maximum absolute atomic E-state index is 13.1. The molecule has 0 fully saturated rings. The summed E-state index contributed by atoms with van der Waals surface area (Å²) < 4.78 is 1.92. The van der Waals surface area contributed by atoms with Crippen molar-refractivity contribution in [1.82, 2.24) is 20.1 Å². The smallest absolute Gasteiger partial charge is 0.255 e. The van der Waals surface area contributed by atoms with Gasteiger partial charge in [-0.2, -0.15) is 5.10 Å². The monoisotopic (exact) mass is 362 g/mol. The number of para-hydroxylation sites is 1. The highest BCUT2D eigenvalue weighted by molar-refractivity contribution is 5.96. The van der Waals surface area contributed by atoms with Crippen LogP contribution in [-0.2, 0) is 13.0 Å². The van der Waals surface area contributed by atoms with E-state index in [1.54, 1.807) is 6.20 Å². The van der Waals surface area contributed by atoms with E-state index in [1.165, 1.54) is 0 Å². The average molecular weight is 362 g/mol. The molecule has 1 N–H and O–H groups in total. The molecule has 2 heterocycles. The van der Waals surface area contributed by atoms with E-state index in [0.29, 0.717) is 12.1 Å². The number of aromatic nitrogens is 3. The summed E-state index contributed by atoms with van der Waals surface area (Å²) in [6.07, 6.45) is 3.44. The van der Waals surface area contributed by atoms with E-state index in [0.717, 1.165) is 35.6 Å². The summed E-state index contributed by atoms with van der Waals surface area (Å²) in [5.41, 5.74) is 4.31. The van der Waals surface area contributed by atoms with Crippen LogP contribution in [0.3, 0.4) is 0 Å². The molecule has 3 rings (SSSR count). The normalized spacial score (nSPS) is 11.0. The van der Waals surface area contributed by atoms with Gasteiger partial charge in [-0.05, 0) is 36.6 Å². The number of aryl methyl sites for hydroxylation is 1. The Morgan fingerprint density at radius 3 is 2.48 bits per heavy atom. The molecular formula is C22H26N4O. The van der Waals surface area contributed by atoms with Gasteiger partial charge in [-0.25, -0.2) is 4.68 Å². The second-order valence-corrected chi connectivity index (χ2v) is 6.86. The third kappa shape index (κ3) is 4.25. The quantitative estimate of drug-likeness (QED) is 0.683. The number of benzene rings is 1. The van der Waals surface area contributed by atoms with Gasteiger partial charge in [-0.3, -0.25) is 9.78 Å². The zero-order chi connectivity index (χ0) is 19.2. The van der Waals surface area contributed by atoms with Gasteiger partial charge >= 0.3 is 0 Å². The molecule has 3 aromatic rings. The van der Waals surface area contributed by atoms with E-state index < -0.39 is 0 Å². The molecule has 0 saturated carbocycles. The number of rotatable bonds is 7. The fraction of sp³-hybridized carbons (Fsp3) is 0.318. The summed E-state index contributed by atoms with van der Waals surface area (Å²) in [6.45, 7) is 6.70. The zero-order valence-corrected chi connectivity index (χ0v) is 16.1. The Morgan fingerprint density at radius 2 is 1.85 bits per heavy atom. The Bertz CT molecular complexity index is 885. The van der Waals surface area contributed by atoms with Crippen LogP contribution in [0, 0.1) is 0 Å². The highest BCUT2D eigenvalue weighted by atomic mass is 16.1. The van der Waals surface area contributed by atoms with Crippen LogP contribution in [0.15, 0.2) is 54.7 Å². The molecule has 1 amide bonds. The van der Waals surface area contributed by atoms with E-state index in [1.807, 2.05) is 53.2 Å². The first-order valence-corrected chi connectivity index (χ1v) is 9.47. The number of pyridine rings is 1. The topological polar surface area (TPSA) is 59.8 Å². The van der Waals surface area contributed by atoms with Crippen molar-refractivity contribution >= 4 is 5.91 Å². The first-order chi connectivity index (χ1) is 13.1. The minimum atomic E-state index is -0.0880. The Kier molecular flexibility index (Phi) is 6.01. The van der Waals surface area contributed by atoms with Gasteiger partial charge in [-0.1, -0.05) is 51.5 Å². The van der Waals surface area contributed by atoms with E-state index in [9.17, 15) is 4.79 Å². The molecule has 0 radical (unpaired) electrons. The molecular weight excluding hydrogens is 336 g/mol. The van der Waals surface area contributed by atoms with Crippen molar-refractivity contribution in [2.75, 3.05) is 0 Å². The summed E-state index contributed by atoms with van der Waals surface area (Å²) in [4.78, 5) is 17.4. The number of nitrogens with zero attached hydrogens (tertiary/aromatic N) is 3. The molecule has 5 nitrogen and oxygen atoms in total. The van der Waals surface area contributed by atoms with Crippen molar-refractivity contribution in [1.29, 1.82) is 0 Å². The summed E-state index contributed by atoms with van der Waals surface area (Å²) >= 11 is 0. The third-order valence-electron chi connectivity index (χ3n) is 4.41. The van der Waals surface area contributed by atoms with Crippen molar-refractivity contribution in [3.8, 4) is 5.69 Å². The van der Waals surface area contributed by atoms with Gasteiger partial charge in [0.25, 0.3) is 5.91 Å². The maximum atomic E-state index is 13.1. The van der Waals surface area contributed by atoms with Crippen LogP contribution in [-0.4, -0.2) is 20.7 Å².